The van der Waals surface area contributed by atoms with Crippen LogP contribution in [0.15, 0.2) is 29.3 Å². The number of hydrogen-bond acceptors (Lipinski definition) is 5. The summed E-state index contributed by atoms with van der Waals surface area (Å²) in [5, 5.41) is 0.856. The molecular weight excluding hydrogens is 278 g/mol. The molecule has 1 aromatic heterocycles. The maximum atomic E-state index is 11.0. The van der Waals surface area contributed by atoms with Gasteiger partial charge in [0.25, 0.3) is 0 Å². The molecule has 4 rings (SSSR count). The largest absolute Gasteiger partial charge is 0.309 e. The fourth-order valence-electron chi connectivity index (χ4n) is 3.03. The number of aromatic nitrogens is 2. The number of nitrogens with zero attached hydrogens (tertiary/aromatic N) is 3. The van der Waals surface area contributed by atoms with Crippen molar-refractivity contribution in [1.82, 2.24) is 20.8 Å². The van der Waals surface area contributed by atoms with Gasteiger partial charge in [-0.25, -0.2) is 20.4 Å². The quantitative estimate of drug-likeness (QED) is 0.848. The van der Waals surface area contributed by atoms with Crippen LogP contribution in [-0.2, 0) is 0 Å². The third kappa shape index (κ3) is 2.35. The monoisotopic (exact) mass is 295 g/mol. The highest BCUT2D eigenvalue weighted by atomic mass is 16.1. The van der Waals surface area contributed by atoms with E-state index in [2.05, 4.69) is 25.8 Å². The van der Waals surface area contributed by atoms with Crippen LogP contribution in [0.25, 0.3) is 10.9 Å². The normalized spacial score (nSPS) is 23.5. The maximum Gasteiger partial charge on any atom is 0.195 e. The van der Waals surface area contributed by atoms with Crippen molar-refractivity contribution in [3.63, 3.8) is 0 Å². The number of rotatable bonds is 3. The van der Waals surface area contributed by atoms with Gasteiger partial charge >= 0.3 is 0 Å². The van der Waals surface area contributed by atoms with Crippen molar-refractivity contribution in [3.05, 3.63) is 30.1 Å². The predicted molar refractivity (Wildman–Crippen MR) is 84.0 cm³/mol. The molecule has 2 aliphatic rings. The molecule has 0 amide bonds. The summed E-state index contributed by atoms with van der Waals surface area (Å²) in [5.74, 6) is 2.33. The Morgan fingerprint density at radius 1 is 1.23 bits per heavy atom. The summed E-state index contributed by atoms with van der Waals surface area (Å²) in [7, 11) is 0. The van der Waals surface area contributed by atoms with Gasteiger partial charge in [0.05, 0.1) is 5.52 Å². The fraction of sp³-hybridized carbons (Fsp3) is 0.375. The van der Waals surface area contributed by atoms with Crippen LogP contribution in [0.3, 0.4) is 0 Å². The Balaban J connectivity index is 1.68. The Morgan fingerprint density at radius 3 is 2.86 bits per heavy atom. The van der Waals surface area contributed by atoms with E-state index in [-0.39, 0.29) is 5.82 Å². The highest BCUT2D eigenvalue weighted by Crippen LogP contribution is 2.32. The number of hydrogen-bond donors (Lipinski definition) is 2. The lowest BCUT2D eigenvalue weighted by Gasteiger charge is -2.30. The van der Waals surface area contributed by atoms with Crippen LogP contribution in [0, 0.1) is 5.92 Å². The van der Waals surface area contributed by atoms with Gasteiger partial charge in [-0.15, -0.1) is 0 Å². The predicted octanol–water partition coefficient (Wildman–Crippen LogP) is 2.14. The zero-order valence-electron chi connectivity index (χ0n) is 12.1. The first kappa shape index (κ1) is 13.3. The Kier molecular flexibility index (Phi) is 3.31. The second-order valence-electron chi connectivity index (χ2n) is 5.87. The molecule has 1 saturated heterocycles. The summed E-state index contributed by atoms with van der Waals surface area (Å²) < 4.78 is 0. The number of benzene rings is 1. The molecule has 0 spiro atoms. The van der Waals surface area contributed by atoms with Gasteiger partial charge in [0.1, 0.15) is 5.84 Å². The maximum absolute atomic E-state index is 11.0. The van der Waals surface area contributed by atoms with E-state index in [0.29, 0.717) is 18.1 Å². The molecule has 1 aromatic carbocycles. The fourth-order valence-corrected chi connectivity index (χ4v) is 3.03. The number of hydrazine groups is 1. The zero-order chi connectivity index (χ0) is 14.9. The summed E-state index contributed by atoms with van der Waals surface area (Å²) in [4.78, 5) is 24.1. The van der Waals surface area contributed by atoms with E-state index in [1.165, 1.54) is 19.3 Å². The van der Waals surface area contributed by atoms with Gasteiger partial charge in [-0.2, -0.15) is 0 Å². The Labute approximate surface area is 128 Å². The molecule has 1 aliphatic heterocycles. The van der Waals surface area contributed by atoms with Gasteiger partial charge in [-0.1, -0.05) is 18.6 Å². The minimum absolute atomic E-state index is 0.166. The van der Waals surface area contributed by atoms with Crippen LogP contribution in [-0.4, -0.2) is 28.1 Å². The number of carbonyl (C=O) groups is 1. The van der Waals surface area contributed by atoms with Crippen molar-refractivity contribution in [2.24, 2.45) is 10.9 Å². The molecule has 0 bridgehead atoms. The van der Waals surface area contributed by atoms with Crippen LogP contribution in [0.1, 0.15) is 36.3 Å². The molecule has 1 saturated carbocycles. The average Bonchev–Trinajstić information content (AvgIpc) is 2.93. The van der Waals surface area contributed by atoms with Crippen molar-refractivity contribution in [2.75, 3.05) is 0 Å². The Morgan fingerprint density at radius 2 is 2.09 bits per heavy atom. The molecule has 2 heterocycles. The topological polar surface area (TPSA) is 79.3 Å². The molecule has 2 aromatic rings. The van der Waals surface area contributed by atoms with E-state index in [0.717, 1.165) is 29.1 Å². The number of carbonyl (C=O) groups excluding carboxylic acids is 1. The van der Waals surface area contributed by atoms with Crippen molar-refractivity contribution in [1.29, 1.82) is 0 Å². The standard InChI is InChI=1S/C16H17N5O/c22-9-15-17-12-7-2-1-6-11(12)16(19-15)18-14-8-13(20-21-14)10-4-3-5-10/h1-2,6-7,9-10,13,20H,3-5,8H2,(H,17,18,19,21). The number of fused-ring (bicyclic) bond motifs is 1. The molecule has 1 unspecified atom stereocenters. The highest BCUT2D eigenvalue weighted by Gasteiger charge is 2.31. The first-order valence-corrected chi connectivity index (χ1v) is 7.64. The van der Waals surface area contributed by atoms with E-state index in [1.807, 2.05) is 24.3 Å². The summed E-state index contributed by atoms with van der Waals surface area (Å²) in [6.45, 7) is 0. The summed E-state index contributed by atoms with van der Waals surface area (Å²) in [5.41, 5.74) is 7.21. The highest BCUT2D eigenvalue weighted by molar-refractivity contribution is 5.94. The molecule has 112 valence electrons. The van der Waals surface area contributed by atoms with Crippen LogP contribution in [0.4, 0.5) is 5.82 Å². The minimum atomic E-state index is 0.166. The lowest BCUT2D eigenvalue weighted by Crippen LogP contribution is -2.38. The van der Waals surface area contributed by atoms with Crippen LogP contribution in [0.5, 0.6) is 0 Å². The van der Waals surface area contributed by atoms with E-state index in [4.69, 9.17) is 0 Å². The molecule has 6 nitrogen and oxygen atoms in total. The van der Waals surface area contributed by atoms with E-state index >= 15 is 0 Å². The molecule has 1 aliphatic carbocycles. The van der Waals surface area contributed by atoms with Gasteiger partial charge < -0.3 is 5.43 Å². The first-order valence-electron chi connectivity index (χ1n) is 7.64. The number of nitrogens with one attached hydrogen (secondary N) is 2. The Bertz CT molecular complexity index is 753. The van der Waals surface area contributed by atoms with E-state index in [9.17, 15) is 4.79 Å². The van der Waals surface area contributed by atoms with Crippen molar-refractivity contribution in [3.8, 4) is 0 Å². The summed E-state index contributed by atoms with van der Waals surface area (Å²) in [6.07, 6.45) is 5.44. The first-order chi connectivity index (χ1) is 10.8. The smallest absolute Gasteiger partial charge is 0.195 e. The second kappa shape index (κ2) is 5.46. The molecule has 6 heteroatoms. The summed E-state index contributed by atoms with van der Waals surface area (Å²) in [6, 6.07) is 8.06. The molecule has 22 heavy (non-hydrogen) atoms. The lowest BCUT2D eigenvalue weighted by atomic mass is 9.79. The number of amidine groups is 1. The molecular formula is C16H17N5O. The third-order valence-corrected chi connectivity index (χ3v) is 4.48. The van der Waals surface area contributed by atoms with Crippen LogP contribution < -0.4 is 10.9 Å². The van der Waals surface area contributed by atoms with Crippen molar-refractivity contribution >= 4 is 28.8 Å². The molecule has 2 fully saturated rings. The van der Waals surface area contributed by atoms with Gasteiger partial charge in [-0.3, -0.25) is 4.79 Å². The number of aldehydes is 1. The van der Waals surface area contributed by atoms with Gasteiger partial charge in [0, 0.05) is 17.8 Å². The lowest BCUT2D eigenvalue weighted by molar-refractivity contribution is 0.111. The summed E-state index contributed by atoms with van der Waals surface area (Å²) >= 11 is 0. The van der Waals surface area contributed by atoms with Crippen molar-refractivity contribution in [2.45, 2.75) is 31.7 Å². The van der Waals surface area contributed by atoms with Crippen LogP contribution in [0.2, 0.25) is 0 Å². The minimum Gasteiger partial charge on any atom is -0.309 e. The van der Waals surface area contributed by atoms with Crippen molar-refractivity contribution < 1.29 is 4.79 Å². The second-order valence-corrected chi connectivity index (χ2v) is 5.87. The number of aliphatic imine (C=N–C) groups is 1. The number of para-hydroxylation sites is 1. The SMILES string of the molecule is O=Cc1nc(N=C2CC(C3CCC3)NN2)c2ccccc2n1. The van der Waals surface area contributed by atoms with E-state index in [1.54, 1.807) is 0 Å². The third-order valence-electron chi connectivity index (χ3n) is 4.48. The zero-order valence-corrected chi connectivity index (χ0v) is 12.1. The Hall–Kier alpha value is -2.34. The van der Waals surface area contributed by atoms with Gasteiger partial charge in [0.15, 0.2) is 17.9 Å². The molecule has 2 N–H and O–H groups in total. The van der Waals surface area contributed by atoms with Crippen LogP contribution >= 0.6 is 0 Å². The van der Waals surface area contributed by atoms with E-state index < -0.39 is 0 Å². The van der Waals surface area contributed by atoms with Gasteiger partial charge in [0.2, 0.25) is 0 Å². The van der Waals surface area contributed by atoms with Gasteiger partial charge in [-0.05, 0) is 30.9 Å². The molecule has 1 atom stereocenters. The molecule has 0 radical (unpaired) electrons. The average molecular weight is 295 g/mol.